The minimum Gasteiger partial charge on any atom is -0.320 e. The minimum atomic E-state index is -4.40. The molecule has 0 amide bonds. The third kappa shape index (κ3) is 3.61. The molecule has 0 bridgehead atoms. The molecule has 0 aliphatic carbocycles. The molecule has 0 atom stereocenters. The molecule has 0 unspecified atom stereocenters. The van der Waals surface area contributed by atoms with Crippen LogP contribution in [0, 0.1) is 0 Å². The van der Waals surface area contributed by atoms with Crippen molar-refractivity contribution in [3.63, 3.8) is 0 Å². The van der Waals surface area contributed by atoms with E-state index in [0.717, 1.165) is 12.1 Å². The molecule has 0 spiro atoms. The Morgan fingerprint density at radius 1 is 0.964 bits per heavy atom. The standard InChI is InChI=1S/C19H21F3N4O2/c1-3-9-25-16-15(17(27)26(10-4-2)18(25)28)24(12-23-16)11-13-5-7-14(8-6-13)19(20,21)22/h5-8,12H,3-4,9-11H2,1-2H3. The molecule has 0 radical (unpaired) electrons. The van der Waals surface area contributed by atoms with Crippen molar-refractivity contribution in [3.05, 3.63) is 62.6 Å². The first-order valence-corrected chi connectivity index (χ1v) is 9.12. The van der Waals surface area contributed by atoms with Crippen molar-refractivity contribution in [1.82, 2.24) is 18.7 Å². The zero-order chi connectivity index (χ0) is 20.5. The zero-order valence-electron chi connectivity index (χ0n) is 15.7. The first-order valence-electron chi connectivity index (χ1n) is 9.12. The van der Waals surface area contributed by atoms with Gasteiger partial charge in [-0.3, -0.25) is 13.9 Å². The van der Waals surface area contributed by atoms with Crippen LogP contribution in [0.15, 0.2) is 40.2 Å². The van der Waals surface area contributed by atoms with Gasteiger partial charge in [-0.15, -0.1) is 0 Å². The number of benzene rings is 1. The number of fused-ring (bicyclic) bond motifs is 1. The molecule has 0 saturated carbocycles. The summed E-state index contributed by atoms with van der Waals surface area (Å²) in [6.45, 7) is 4.70. The van der Waals surface area contributed by atoms with Crippen LogP contribution in [0.25, 0.3) is 11.2 Å². The predicted molar refractivity (Wildman–Crippen MR) is 99.4 cm³/mol. The molecular formula is C19H21F3N4O2. The Kier molecular flexibility index (Phi) is 5.44. The van der Waals surface area contributed by atoms with Gasteiger partial charge in [-0.25, -0.2) is 9.78 Å². The summed E-state index contributed by atoms with van der Waals surface area (Å²) >= 11 is 0. The third-order valence-corrected chi connectivity index (χ3v) is 4.51. The molecule has 3 aromatic rings. The predicted octanol–water partition coefficient (Wildman–Crippen LogP) is 3.25. The number of aryl methyl sites for hydroxylation is 1. The van der Waals surface area contributed by atoms with Crippen LogP contribution in [0.1, 0.15) is 37.8 Å². The van der Waals surface area contributed by atoms with Crippen LogP contribution in [0.5, 0.6) is 0 Å². The Morgan fingerprint density at radius 3 is 2.14 bits per heavy atom. The Morgan fingerprint density at radius 2 is 1.57 bits per heavy atom. The highest BCUT2D eigenvalue weighted by molar-refractivity contribution is 5.70. The lowest BCUT2D eigenvalue weighted by molar-refractivity contribution is -0.137. The van der Waals surface area contributed by atoms with Crippen molar-refractivity contribution in [1.29, 1.82) is 0 Å². The monoisotopic (exact) mass is 394 g/mol. The fourth-order valence-corrected chi connectivity index (χ4v) is 3.20. The normalized spacial score (nSPS) is 12.0. The molecule has 2 heterocycles. The highest BCUT2D eigenvalue weighted by Crippen LogP contribution is 2.29. The molecule has 1 aromatic carbocycles. The fourth-order valence-electron chi connectivity index (χ4n) is 3.20. The Bertz CT molecular complexity index is 1090. The second kappa shape index (κ2) is 7.65. The summed E-state index contributed by atoms with van der Waals surface area (Å²) in [6.07, 6.45) is -1.62. The topological polar surface area (TPSA) is 61.8 Å². The van der Waals surface area contributed by atoms with Gasteiger partial charge in [0.2, 0.25) is 0 Å². The highest BCUT2D eigenvalue weighted by atomic mass is 19.4. The van der Waals surface area contributed by atoms with Crippen LogP contribution in [0.2, 0.25) is 0 Å². The first-order chi connectivity index (χ1) is 13.3. The minimum absolute atomic E-state index is 0.181. The average molecular weight is 394 g/mol. The molecule has 3 rings (SSSR count). The van der Waals surface area contributed by atoms with E-state index < -0.39 is 17.3 Å². The molecule has 150 valence electrons. The number of imidazole rings is 1. The number of aromatic nitrogens is 4. The van der Waals surface area contributed by atoms with Crippen molar-refractivity contribution in [2.45, 2.75) is 52.5 Å². The van der Waals surface area contributed by atoms with E-state index in [9.17, 15) is 22.8 Å². The molecule has 0 fully saturated rings. The van der Waals surface area contributed by atoms with Crippen LogP contribution in [-0.2, 0) is 25.8 Å². The quantitative estimate of drug-likeness (QED) is 0.645. The smallest absolute Gasteiger partial charge is 0.320 e. The molecule has 0 saturated heterocycles. The van der Waals surface area contributed by atoms with E-state index in [0.29, 0.717) is 37.1 Å². The van der Waals surface area contributed by atoms with Crippen molar-refractivity contribution in [2.75, 3.05) is 0 Å². The summed E-state index contributed by atoms with van der Waals surface area (Å²) in [4.78, 5) is 29.8. The maximum atomic E-state index is 12.9. The largest absolute Gasteiger partial charge is 0.416 e. The van der Waals surface area contributed by atoms with Gasteiger partial charge >= 0.3 is 11.9 Å². The van der Waals surface area contributed by atoms with Gasteiger partial charge in [-0.2, -0.15) is 13.2 Å². The van der Waals surface area contributed by atoms with E-state index in [1.165, 1.54) is 27.6 Å². The average Bonchev–Trinajstić information content (AvgIpc) is 3.05. The van der Waals surface area contributed by atoms with E-state index in [2.05, 4.69) is 4.98 Å². The van der Waals surface area contributed by atoms with Crippen LogP contribution in [-0.4, -0.2) is 18.7 Å². The van der Waals surface area contributed by atoms with Gasteiger partial charge in [-0.05, 0) is 30.5 Å². The summed E-state index contributed by atoms with van der Waals surface area (Å²) in [6, 6.07) is 4.77. The Hall–Kier alpha value is -2.84. The molecule has 28 heavy (non-hydrogen) atoms. The van der Waals surface area contributed by atoms with Gasteiger partial charge in [0.25, 0.3) is 5.56 Å². The van der Waals surface area contributed by atoms with E-state index in [4.69, 9.17) is 0 Å². The Balaban J connectivity index is 2.10. The molecule has 9 heteroatoms. The number of nitrogens with zero attached hydrogens (tertiary/aromatic N) is 4. The van der Waals surface area contributed by atoms with E-state index in [1.54, 1.807) is 4.57 Å². The van der Waals surface area contributed by atoms with Gasteiger partial charge in [0.15, 0.2) is 11.2 Å². The lowest BCUT2D eigenvalue weighted by Crippen LogP contribution is -2.40. The van der Waals surface area contributed by atoms with Gasteiger partial charge < -0.3 is 4.57 Å². The second-order valence-corrected chi connectivity index (χ2v) is 6.63. The summed E-state index contributed by atoms with van der Waals surface area (Å²) in [7, 11) is 0. The van der Waals surface area contributed by atoms with Gasteiger partial charge in [0.05, 0.1) is 11.9 Å². The number of hydrogen-bond acceptors (Lipinski definition) is 3. The number of hydrogen-bond donors (Lipinski definition) is 0. The van der Waals surface area contributed by atoms with Crippen LogP contribution in [0.4, 0.5) is 13.2 Å². The summed E-state index contributed by atoms with van der Waals surface area (Å²) in [5.41, 5.74) is -0.368. The number of alkyl halides is 3. The number of halogens is 3. The van der Waals surface area contributed by atoms with Crippen molar-refractivity contribution in [3.8, 4) is 0 Å². The molecule has 6 nitrogen and oxygen atoms in total. The molecule has 2 aromatic heterocycles. The molecule has 0 aliphatic heterocycles. The van der Waals surface area contributed by atoms with Crippen molar-refractivity contribution < 1.29 is 13.2 Å². The van der Waals surface area contributed by atoms with Gasteiger partial charge in [0, 0.05) is 19.6 Å². The number of rotatable bonds is 6. The van der Waals surface area contributed by atoms with Gasteiger partial charge in [-0.1, -0.05) is 26.0 Å². The SMILES string of the molecule is CCCn1c(=O)c2c(ncn2Cc2ccc(C(F)(F)F)cc2)n(CCC)c1=O. The summed E-state index contributed by atoms with van der Waals surface area (Å²) in [5, 5.41) is 0. The molecular weight excluding hydrogens is 373 g/mol. The maximum absolute atomic E-state index is 12.9. The highest BCUT2D eigenvalue weighted by Gasteiger charge is 2.30. The van der Waals surface area contributed by atoms with Crippen LogP contribution >= 0.6 is 0 Å². The lowest BCUT2D eigenvalue weighted by Gasteiger charge is -2.12. The Labute approximate surface area is 158 Å². The van der Waals surface area contributed by atoms with Crippen LogP contribution < -0.4 is 11.2 Å². The molecule has 0 N–H and O–H groups in total. The van der Waals surface area contributed by atoms with E-state index in [1.807, 2.05) is 13.8 Å². The summed E-state index contributed by atoms with van der Waals surface area (Å²) < 4.78 is 42.5. The van der Waals surface area contributed by atoms with E-state index >= 15 is 0 Å². The maximum Gasteiger partial charge on any atom is 0.416 e. The third-order valence-electron chi connectivity index (χ3n) is 4.51. The van der Waals surface area contributed by atoms with Crippen LogP contribution in [0.3, 0.4) is 0 Å². The fraction of sp³-hybridized carbons (Fsp3) is 0.421. The first kappa shape index (κ1) is 19.9. The van der Waals surface area contributed by atoms with Gasteiger partial charge in [0.1, 0.15) is 0 Å². The molecule has 0 aliphatic rings. The van der Waals surface area contributed by atoms with E-state index in [-0.39, 0.29) is 17.8 Å². The lowest BCUT2D eigenvalue weighted by atomic mass is 10.1. The van der Waals surface area contributed by atoms with Crippen molar-refractivity contribution in [2.24, 2.45) is 0 Å². The zero-order valence-corrected chi connectivity index (χ0v) is 15.7. The van der Waals surface area contributed by atoms with Crippen molar-refractivity contribution >= 4 is 11.2 Å². The second-order valence-electron chi connectivity index (χ2n) is 6.63. The summed E-state index contributed by atoms with van der Waals surface area (Å²) in [5.74, 6) is 0.